The molecule has 1 N–H and O–H groups in total. The largest absolute Gasteiger partial charge is 0.348 e. The minimum Gasteiger partial charge on any atom is -0.348 e. The highest BCUT2D eigenvalue weighted by atomic mass is 32.1. The molecule has 0 radical (unpaired) electrons. The zero-order valence-corrected chi connectivity index (χ0v) is 18.6. The van der Waals surface area contributed by atoms with Crippen LogP contribution in [-0.4, -0.2) is 22.3 Å². The first-order chi connectivity index (χ1) is 13.4. The van der Waals surface area contributed by atoms with Crippen molar-refractivity contribution < 1.29 is 14.0 Å². The molecular formula is C22H28FN3O2S. The smallest absolute Gasteiger partial charge is 0.244 e. The summed E-state index contributed by atoms with van der Waals surface area (Å²) in [5.74, 6) is -1.07. The van der Waals surface area contributed by atoms with Gasteiger partial charge in [-0.3, -0.25) is 14.5 Å². The van der Waals surface area contributed by atoms with Crippen molar-refractivity contribution in [3.63, 3.8) is 0 Å². The van der Waals surface area contributed by atoms with E-state index >= 15 is 0 Å². The molecule has 0 bridgehead atoms. The zero-order chi connectivity index (χ0) is 21.8. The SMILES string of the molecule is CC(=O)N(c1nc(/C=C/C(=O)NC(C)(C)CC(C)(C)C)cs1)c1ccccc1F. The fourth-order valence-corrected chi connectivity index (χ4v) is 4.25. The number of amides is 2. The first-order valence-electron chi connectivity index (χ1n) is 9.39. The van der Waals surface area contributed by atoms with Crippen LogP contribution in [0.25, 0.3) is 6.08 Å². The van der Waals surface area contributed by atoms with Crippen molar-refractivity contribution in [2.75, 3.05) is 4.90 Å². The molecule has 0 aliphatic rings. The molecule has 2 aromatic rings. The number of anilines is 2. The van der Waals surface area contributed by atoms with Gasteiger partial charge < -0.3 is 5.32 Å². The van der Waals surface area contributed by atoms with E-state index in [1.165, 1.54) is 41.4 Å². The number of rotatable bonds is 6. The number of carbonyl (C=O) groups excluding carboxylic acids is 2. The molecule has 0 saturated carbocycles. The molecular weight excluding hydrogens is 389 g/mol. The summed E-state index contributed by atoms with van der Waals surface area (Å²) < 4.78 is 14.1. The van der Waals surface area contributed by atoms with Gasteiger partial charge in [0.25, 0.3) is 0 Å². The lowest BCUT2D eigenvalue weighted by atomic mass is 9.82. The van der Waals surface area contributed by atoms with E-state index in [-0.39, 0.29) is 28.5 Å². The van der Waals surface area contributed by atoms with Crippen LogP contribution in [-0.2, 0) is 9.59 Å². The Balaban J connectivity index is 2.14. The second kappa shape index (κ2) is 8.86. The summed E-state index contributed by atoms with van der Waals surface area (Å²) in [6.45, 7) is 11.7. The van der Waals surface area contributed by atoms with Crippen LogP contribution in [0.2, 0.25) is 0 Å². The third kappa shape index (κ3) is 6.78. The van der Waals surface area contributed by atoms with Gasteiger partial charge in [-0.05, 0) is 43.9 Å². The van der Waals surface area contributed by atoms with Crippen LogP contribution in [0.15, 0.2) is 35.7 Å². The lowest BCUT2D eigenvalue weighted by Crippen LogP contribution is -2.45. The molecule has 156 valence electrons. The van der Waals surface area contributed by atoms with E-state index in [4.69, 9.17) is 0 Å². The van der Waals surface area contributed by atoms with Gasteiger partial charge in [0.05, 0.1) is 11.4 Å². The van der Waals surface area contributed by atoms with Crippen LogP contribution in [0.3, 0.4) is 0 Å². The van der Waals surface area contributed by atoms with Crippen molar-refractivity contribution in [2.24, 2.45) is 5.41 Å². The van der Waals surface area contributed by atoms with Gasteiger partial charge in [-0.15, -0.1) is 11.3 Å². The number of thiazole rings is 1. The Morgan fingerprint density at radius 2 is 1.86 bits per heavy atom. The van der Waals surface area contributed by atoms with Crippen LogP contribution in [0.4, 0.5) is 15.2 Å². The van der Waals surface area contributed by atoms with Gasteiger partial charge in [0.15, 0.2) is 5.13 Å². The number of para-hydroxylation sites is 1. The number of halogens is 1. The second-order valence-electron chi connectivity index (χ2n) is 8.80. The molecule has 29 heavy (non-hydrogen) atoms. The van der Waals surface area contributed by atoms with Gasteiger partial charge in [0.1, 0.15) is 5.82 Å². The number of benzene rings is 1. The lowest BCUT2D eigenvalue weighted by Gasteiger charge is -2.32. The summed E-state index contributed by atoms with van der Waals surface area (Å²) >= 11 is 1.21. The zero-order valence-electron chi connectivity index (χ0n) is 17.7. The highest BCUT2D eigenvalue weighted by Crippen LogP contribution is 2.31. The van der Waals surface area contributed by atoms with Crippen LogP contribution < -0.4 is 10.2 Å². The molecule has 2 rings (SSSR count). The van der Waals surface area contributed by atoms with Crippen molar-refractivity contribution in [3.05, 3.63) is 47.2 Å². The molecule has 0 saturated heterocycles. The summed E-state index contributed by atoms with van der Waals surface area (Å²) in [6.07, 6.45) is 3.84. The third-order valence-corrected chi connectivity index (χ3v) is 4.79. The number of aromatic nitrogens is 1. The molecule has 2 amide bonds. The van der Waals surface area contributed by atoms with E-state index in [9.17, 15) is 14.0 Å². The van der Waals surface area contributed by atoms with Crippen molar-refractivity contribution in [3.8, 4) is 0 Å². The average Bonchev–Trinajstić information content (AvgIpc) is 3.00. The highest BCUT2D eigenvalue weighted by Gasteiger charge is 2.26. The molecule has 0 aliphatic heterocycles. The normalized spacial score (nSPS) is 12.2. The van der Waals surface area contributed by atoms with Crippen LogP contribution in [0, 0.1) is 11.2 Å². The minimum absolute atomic E-state index is 0.0904. The van der Waals surface area contributed by atoms with Crippen LogP contribution in [0.5, 0.6) is 0 Å². The Morgan fingerprint density at radius 1 is 1.21 bits per heavy atom. The van der Waals surface area contributed by atoms with Crippen molar-refractivity contribution in [2.45, 2.75) is 53.5 Å². The predicted octanol–water partition coefficient (Wildman–Crippen LogP) is 5.31. The topological polar surface area (TPSA) is 62.3 Å². The monoisotopic (exact) mass is 417 g/mol. The van der Waals surface area contributed by atoms with E-state index in [1.54, 1.807) is 23.6 Å². The molecule has 0 aliphatic carbocycles. The fraction of sp³-hybridized carbons (Fsp3) is 0.409. The fourth-order valence-electron chi connectivity index (χ4n) is 3.40. The molecule has 0 spiro atoms. The van der Waals surface area contributed by atoms with Gasteiger partial charge in [0, 0.05) is 23.9 Å². The summed E-state index contributed by atoms with van der Waals surface area (Å²) in [7, 11) is 0. The number of hydrogen-bond donors (Lipinski definition) is 1. The molecule has 0 atom stereocenters. The maximum Gasteiger partial charge on any atom is 0.244 e. The van der Waals surface area contributed by atoms with Gasteiger partial charge >= 0.3 is 0 Å². The van der Waals surface area contributed by atoms with Gasteiger partial charge in [-0.1, -0.05) is 32.9 Å². The Hall–Kier alpha value is -2.54. The molecule has 0 unspecified atom stereocenters. The van der Waals surface area contributed by atoms with E-state index in [1.807, 2.05) is 13.8 Å². The van der Waals surface area contributed by atoms with Crippen LogP contribution in [0.1, 0.15) is 53.7 Å². The highest BCUT2D eigenvalue weighted by molar-refractivity contribution is 7.14. The van der Waals surface area contributed by atoms with Gasteiger partial charge in [-0.25, -0.2) is 9.37 Å². The number of nitrogens with zero attached hydrogens (tertiary/aromatic N) is 2. The number of nitrogens with one attached hydrogen (secondary N) is 1. The predicted molar refractivity (Wildman–Crippen MR) is 117 cm³/mol. The van der Waals surface area contributed by atoms with Crippen molar-refractivity contribution >= 4 is 40.0 Å². The molecule has 7 heteroatoms. The maximum absolute atomic E-state index is 14.1. The summed E-state index contributed by atoms with van der Waals surface area (Å²) in [4.78, 5) is 30.0. The first kappa shape index (κ1) is 22.7. The molecule has 5 nitrogen and oxygen atoms in total. The summed E-state index contributed by atoms with van der Waals surface area (Å²) in [5, 5.41) is 5.06. The maximum atomic E-state index is 14.1. The second-order valence-corrected chi connectivity index (χ2v) is 9.64. The Labute approximate surface area is 175 Å². The molecule has 0 fully saturated rings. The Kier molecular flexibility index (Phi) is 6.95. The van der Waals surface area contributed by atoms with E-state index < -0.39 is 5.82 Å². The molecule has 1 aromatic carbocycles. The standard InChI is InChI=1S/C22H28FN3O2S/c1-15(27)26(18-10-8-7-9-17(18)23)20-24-16(13-29-20)11-12-19(28)25-22(5,6)14-21(2,3)4/h7-13H,14H2,1-6H3,(H,25,28)/b12-11+. The van der Waals surface area contributed by atoms with E-state index in [2.05, 4.69) is 31.1 Å². The Bertz CT molecular complexity index is 913. The third-order valence-electron chi connectivity index (χ3n) is 3.95. The van der Waals surface area contributed by atoms with Gasteiger partial charge in [0.2, 0.25) is 11.8 Å². The molecule has 1 aromatic heterocycles. The minimum atomic E-state index is -0.504. The lowest BCUT2D eigenvalue weighted by molar-refractivity contribution is -0.118. The first-order valence-corrected chi connectivity index (χ1v) is 10.3. The summed E-state index contributed by atoms with van der Waals surface area (Å²) in [6, 6.07) is 6.04. The van der Waals surface area contributed by atoms with Crippen LogP contribution >= 0.6 is 11.3 Å². The van der Waals surface area contributed by atoms with Gasteiger partial charge in [-0.2, -0.15) is 0 Å². The molecule has 1 heterocycles. The Morgan fingerprint density at radius 3 is 2.45 bits per heavy atom. The average molecular weight is 418 g/mol. The van der Waals surface area contributed by atoms with E-state index in [0.717, 1.165) is 6.42 Å². The number of hydrogen-bond acceptors (Lipinski definition) is 4. The van der Waals surface area contributed by atoms with Crippen molar-refractivity contribution in [1.82, 2.24) is 10.3 Å². The van der Waals surface area contributed by atoms with E-state index in [0.29, 0.717) is 10.8 Å². The van der Waals surface area contributed by atoms with Crippen molar-refractivity contribution in [1.29, 1.82) is 0 Å². The quantitative estimate of drug-likeness (QED) is 0.648. The number of carbonyl (C=O) groups is 2. The summed E-state index contributed by atoms with van der Waals surface area (Å²) in [5.41, 5.74) is 0.416.